The van der Waals surface area contributed by atoms with Crippen LogP contribution >= 0.6 is 22.7 Å². The molecule has 158 valence electrons. The monoisotopic (exact) mass is 443 g/mol. The van der Waals surface area contributed by atoms with E-state index >= 15 is 0 Å². The summed E-state index contributed by atoms with van der Waals surface area (Å²) in [6.45, 7) is 7.56. The van der Waals surface area contributed by atoms with Crippen LogP contribution in [-0.2, 0) is 16.0 Å². The maximum absolute atomic E-state index is 12.5. The van der Waals surface area contributed by atoms with Gasteiger partial charge in [0.25, 0.3) is 0 Å². The number of piperidine rings is 1. The van der Waals surface area contributed by atoms with Crippen LogP contribution in [0.25, 0.3) is 10.2 Å². The second-order valence-electron chi connectivity index (χ2n) is 7.57. The molecular weight excluding hydrogens is 418 g/mol. The van der Waals surface area contributed by atoms with Gasteiger partial charge in [-0.15, -0.1) is 22.7 Å². The fourth-order valence-corrected chi connectivity index (χ4v) is 5.64. The zero-order valence-corrected chi connectivity index (χ0v) is 19.1. The summed E-state index contributed by atoms with van der Waals surface area (Å²) < 4.78 is 5.35. The minimum atomic E-state index is -0.273. The Morgan fingerprint density at radius 3 is 2.63 bits per heavy atom. The minimum Gasteiger partial charge on any atom is -0.457 e. The first-order valence-electron chi connectivity index (χ1n) is 10.2. The first kappa shape index (κ1) is 20.9. The van der Waals surface area contributed by atoms with Crippen LogP contribution in [-0.4, -0.2) is 41.4 Å². The standard InChI is InChI=1S/C22H25N3O3S2/c1-4-16-5-6-18(30-16)17(26)11-28-22(27)15-7-9-25(10-8-15)20-19-13(2)14(3)29-21(19)24-12-23-20/h5-6,12,15H,4,7-11H2,1-3H3. The number of carbonyl (C=O) groups is 2. The van der Waals surface area contributed by atoms with Crippen molar-refractivity contribution in [2.45, 2.75) is 40.0 Å². The predicted octanol–water partition coefficient (Wildman–Crippen LogP) is 4.57. The lowest BCUT2D eigenvalue weighted by Crippen LogP contribution is -2.37. The molecule has 0 atom stereocenters. The van der Waals surface area contributed by atoms with Crippen LogP contribution in [0.5, 0.6) is 0 Å². The molecule has 4 rings (SSSR count). The van der Waals surface area contributed by atoms with E-state index in [0.717, 1.165) is 40.4 Å². The van der Waals surface area contributed by atoms with Gasteiger partial charge in [0.2, 0.25) is 5.78 Å². The summed E-state index contributed by atoms with van der Waals surface area (Å²) in [5, 5.41) is 1.12. The second kappa shape index (κ2) is 8.81. The molecule has 0 saturated carbocycles. The van der Waals surface area contributed by atoms with Gasteiger partial charge in [0.05, 0.1) is 16.2 Å². The first-order chi connectivity index (χ1) is 14.5. The van der Waals surface area contributed by atoms with Gasteiger partial charge in [0.1, 0.15) is 17.0 Å². The van der Waals surface area contributed by atoms with Crippen molar-refractivity contribution in [2.75, 3.05) is 24.6 Å². The molecule has 6 nitrogen and oxygen atoms in total. The number of Topliss-reactive ketones (excluding diaryl/α,β-unsaturated/α-hetero) is 1. The van der Waals surface area contributed by atoms with Crippen LogP contribution < -0.4 is 4.90 Å². The minimum absolute atomic E-state index is 0.128. The predicted molar refractivity (Wildman–Crippen MR) is 121 cm³/mol. The number of fused-ring (bicyclic) bond motifs is 1. The summed E-state index contributed by atoms with van der Waals surface area (Å²) in [5.41, 5.74) is 1.23. The maximum atomic E-state index is 12.5. The summed E-state index contributed by atoms with van der Waals surface area (Å²) in [6.07, 6.45) is 3.91. The van der Waals surface area contributed by atoms with Crippen LogP contribution in [0.15, 0.2) is 18.5 Å². The molecule has 4 heterocycles. The molecule has 0 N–H and O–H groups in total. The lowest BCUT2D eigenvalue weighted by molar-refractivity contribution is -0.148. The Kier molecular flexibility index (Phi) is 6.15. The van der Waals surface area contributed by atoms with Gasteiger partial charge in [-0.25, -0.2) is 9.97 Å². The average molecular weight is 444 g/mol. The molecule has 1 aliphatic rings. The molecule has 8 heteroatoms. The highest BCUT2D eigenvalue weighted by Crippen LogP contribution is 2.35. The summed E-state index contributed by atoms with van der Waals surface area (Å²) in [6, 6.07) is 3.77. The van der Waals surface area contributed by atoms with E-state index in [9.17, 15) is 9.59 Å². The zero-order chi connectivity index (χ0) is 21.3. The Labute approximate surface area is 183 Å². The van der Waals surface area contributed by atoms with Gasteiger partial charge in [0.15, 0.2) is 6.61 Å². The molecular formula is C22H25N3O3S2. The molecule has 0 unspecified atom stereocenters. The number of hydrogen-bond acceptors (Lipinski definition) is 8. The number of rotatable bonds is 6. The van der Waals surface area contributed by atoms with Gasteiger partial charge in [-0.05, 0) is 50.8 Å². The van der Waals surface area contributed by atoms with E-state index in [-0.39, 0.29) is 24.3 Å². The molecule has 1 aliphatic heterocycles. The molecule has 0 bridgehead atoms. The van der Waals surface area contributed by atoms with Crippen molar-refractivity contribution < 1.29 is 14.3 Å². The van der Waals surface area contributed by atoms with Gasteiger partial charge >= 0.3 is 5.97 Å². The van der Waals surface area contributed by atoms with E-state index in [1.807, 2.05) is 12.1 Å². The topological polar surface area (TPSA) is 72.4 Å². The highest BCUT2D eigenvalue weighted by molar-refractivity contribution is 7.18. The van der Waals surface area contributed by atoms with E-state index in [1.165, 1.54) is 21.8 Å². The Morgan fingerprint density at radius 2 is 1.93 bits per heavy atom. The molecule has 0 spiro atoms. The van der Waals surface area contributed by atoms with Crippen LogP contribution in [0.3, 0.4) is 0 Å². The van der Waals surface area contributed by atoms with E-state index in [0.29, 0.717) is 17.7 Å². The Bertz CT molecular complexity index is 1080. The maximum Gasteiger partial charge on any atom is 0.309 e. The van der Waals surface area contributed by atoms with Gasteiger partial charge in [0, 0.05) is 22.8 Å². The number of hydrogen-bond donors (Lipinski definition) is 0. The summed E-state index contributed by atoms with van der Waals surface area (Å²) >= 11 is 3.16. The number of ether oxygens (including phenoxy) is 1. The second-order valence-corrected chi connectivity index (χ2v) is 9.94. The lowest BCUT2D eigenvalue weighted by atomic mass is 9.97. The molecule has 1 fully saturated rings. The van der Waals surface area contributed by atoms with Crippen LogP contribution in [0.4, 0.5) is 5.82 Å². The average Bonchev–Trinajstić information content (AvgIpc) is 3.36. The molecule has 0 radical (unpaired) electrons. The fourth-order valence-electron chi connectivity index (χ4n) is 3.77. The van der Waals surface area contributed by atoms with Crippen molar-refractivity contribution in [1.29, 1.82) is 0 Å². The van der Waals surface area contributed by atoms with Gasteiger partial charge in [-0.1, -0.05) is 6.92 Å². The van der Waals surface area contributed by atoms with Crippen molar-refractivity contribution in [3.05, 3.63) is 38.7 Å². The fraction of sp³-hybridized carbons (Fsp3) is 0.455. The van der Waals surface area contributed by atoms with Crippen molar-refractivity contribution in [2.24, 2.45) is 5.92 Å². The normalized spacial score (nSPS) is 15.0. The SMILES string of the molecule is CCc1ccc(C(=O)COC(=O)C2CCN(c3ncnc4sc(C)c(C)c34)CC2)s1. The highest BCUT2D eigenvalue weighted by Gasteiger charge is 2.29. The highest BCUT2D eigenvalue weighted by atomic mass is 32.1. The Hall–Kier alpha value is -2.32. The van der Waals surface area contributed by atoms with E-state index < -0.39 is 0 Å². The summed E-state index contributed by atoms with van der Waals surface area (Å²) in [5.74, 6) is 0.377. The van der Waals surface area contributed by atoms with E-state index in [4.69, 9.17) is 4.74 Å². The third kappa shape index (κ3) is 4.11. The number of ketones is 1. The molecule has 3 aromatic heterocycles. The molecule has 30 heavy (non-hydrogen) atoms. The number of esters is 1. The number of nitrogens with zero attached hydrogens (tertiary/aromatic N) is 3. The van der Waals surface area contributed by atoms with Crippen LogP contribution in [0.2, 0.25) is 0 Å². The van der Waals surface area contributed by atoms with Crippen LogP contribution in [0, 0.1) is 19.8 Å². The van der Waals surface area contributed by atoms with Crippen molar-refractivity contribution >= 4 is 50.5 Å². The first-order valence-corrected chi connectivity index (χ1v) is 11.9. The number of carbonyl (C=O) groups excluding carboxylic acids is 2. The van der Waals surface area contributed by atoms with Crippen molar-refractivity contribution in [3.8, 4) is 0 Å². The Morgan fingerprint density at radius 1 is 1.17 bits per heavy atom. The number of thiophene rings is 2. The van der Waals surface area contributed by atoms with Gasteiger partial charge in [-0.2, -0.15) is 0 Å². The van der Waals surface area contributed by atoms with Crippen molar-refractivity contribution in [1.82, 2.24) is 9.97 Å². The smallest absolute Gasteiger partial charge is 0.309 e. The summed E-state index contributed by atoms with van der Waals surface area (Å²) in [7, 11) is 0. The van der Waals surface area contributed by atoms with Crippen LogP contribution in [0.1, 0.15) is 44.8 Å². The Balaban J connectivity index is 1.34. The number of anilines is 1. The zero-order valence-electron chi connectivity index (χ0n) is 17.4. The third-order valence-electron chi connectivity index (χ3n) is 5.70. The quantitative estimate of drug-likeness (QED) is 0.410. The van der Waals surface area contributed by atoms with E-state index in [1.54, 1.807) is 17.7 Å². The third-order valence-corrected chi connectivity index (χ3v) is 8.09. The largest absolute Gasteiger partial charge is 0.457 e. The molecule has 0 aromatic carbocycles. The molecule has 0 aliphatic carbocycles. The molecule has 1 saturated heterocycles. The molecule has 3 aromatic rings. The number of aryl methyl sites for hydroxylation is 3. The summed E-state index contributed by atoms with van der Waals surface area (Å²) in [4.78, 5) is 40.0. The van der Waals surface area contributed by atoms with Crippen molar-refractivity contribution in [3.63, 3.8) is 0 Å². The van der Waals surface area contributed by atoms with E-state index in [2.05, 4.69) is 35.6 Å². The molecule has 0 amide bonds. The lowest BCUT2D eigenvalue weighted by Gasteiger charge is -2.32. The van der Waals surface area contributed by atoms with Gasteiger partial charge in [-0.3, -0.25) is 9.59 Å². The van der Waals surface area contributed by atoms with Gasteiger partial charge < -0.3 is 9.64 Å². The number of aromatic nitrogens is 2.